The van der Waals surface area contributed by atoms with Crippen molar-refractivity contribution in [3.8, 4) is 0 Å². The van der Waals surface area contributed by atoms with Crippen LogP contribution in [0, 0.1) is 0 Å². The molecule has 7 heteroatoms. The molecule has 0 aliphatic rings. The van der Waals surface area contributed by atoms with E-state index < -0.39 is 17.8 Å². The standard InChI is InChI=1S/C12H19FO6/c1-3-16-5-7-18-11(14)9-10(13)12(15)19-8-6-17-4-2/h9H,3-8H2,1-2H3/b10-9-. The van der Waals surface area contributed by atoms with E-state index in [1.54, 1.807) is 13.8 Å². The Morgan fingerprint density at radius 1 is 0.947 bits per heavy atom. The summed E-state index contributed by atoms with van der Waals surface area (Å²) in [4.78, 5) is 22.1. The van der Waals surface area contributed by atoms with E-state index in [0.29, 0.717) is 19.3 Å². The lowest BCUT2D eigenvalue weighted by atomic mass is 10.4. The Labute approximate surface area is 111 Å². The van der Waals surface area contributed by atoms with Crippen LogP contribution < -0.4 is 0 Å². The molecule has 0 fully saturated rings. The van der Waals surface area contributed by atoms with Crippen LogP contribution >= 0.6 is 0 Å². The minimum atomic E-state index is -1.31. The molecule has 6 nitrogen and oxygen atoms in total. The van der Waals surface area contributed by atoms with Crippen LogP contribution in [-0.4, -0.2) is 51.6 Å². The molecule has 19 heavy (non-hydrogen) atoms. The van der Waals surface area contributed by atoms with Crippen LogP contribution in [0.3, 0.4) is 0 Å². The highest BCUT2D eigenvalue weighted by atomic mass is 19.1. The molecular weight excluding hydrogens is 259 g/mol. The largest absolute Gasteiger partial charge is 0.460 e. The van der Waals surface area contributed by atoms with Gasteiger partial charge in [-0.05, 0) is 13.8 Å². The molecule has 0 saturated carbocycles. The van der Waals surface area contributed by atoms with Crippen LogP contribution in [-0.2, 0) is 28.5 Å². The number of ether oxygens (including phenoxy) is 4. The first-order valence-electron chi connectivity index (χ1n) is 5.98. The number of esters is 2. The first-order chi connectivity index (χ1) is 9.11. The molecule has 0 aromatic rings. The quantitative estimate of drug-likeness (QED) is 0.337. The van der Waals surface area contributed by atoms with Gasteiger partial charge in [0.05, 0.1) is 19.3 Å². The average molecular weight is 278 g/mol. The van der Waals surface area contributed by atoms with Gasteiger partial charge in [0.15, 0.2) is 0 Å². The van der Waals surface area contributed by atoms with E-state index in [-0.39, 0.29) is 26.4 Å². The second kappa shape index (κ2) is 11.6. The van der Waals surface area contributed by atoms with Gasteiger partial charge in [-0.1, -0.05) is 0 Å². The predicted molar refractivity (Wildman–Crippen MR) is 64.1 cm³/mol. The zero-order chi connectivity index (χ0) is 14.5. The van der Waals surface area contributed by atoms with Crippen LogP contribution in [0.15, 0.2) is 11.9 Å². The minimum Gasteiger partial charge on any atom is -0.460 e. The van der Waals surface area contributed by atoms with Gasteiger partial charge >= 0.3 is 11.9 Å². The Bertz CT molecular complexity index is 303. The van der Waals surface area contributed by atoms with Crippen molar-refractivity contribution >= 4 is 11.9 Å². The van der Waals surface area contributed by atoms with Gasteiger partial charge in [0.25, 0.3) is 0 Å². The van der Waals surface area contributed by atoms with E-state index in [4.69, 9.17) is 9.47 Å². The van der Waals surface area contributed by atoms with Crippen molar-refractivity contribution < 1.29 is 32.9 Å². The van der Waals surface area contributed by atoms with E-state index in [9.17, 15) is 14.0 Å². The molecule has 0 aliphatic carbocycles. The monoisotopic (exact) mass is 278 g/mol. The number of rotatable bonds is 10. The highest BCUT2D eigenvalue weighted by molar-refractivity contribution is 5.94. The van der Waals surface area contributed by atoms with Crippen molar-refractivity contribution in [2.24, 2.45) is 0 Å². The van der Waals surface area contributed by atoms with Crippen LogP contribution in [0.4, 0.5) is 4.39 Å². The lowest BCUT2D eigenvalue weighted by Gasteiger charge is -2.04. The minimum absolute atomic E-state index is 0.00413. The third kappa shape index (κ3) is 10.2. The average Bonchev–Trinajstić information content (AvgIpc) is 2.39. The Morgan fingerprint density at radius 2 is 1.47 bits per heavy atom. The second-order valence-electron chi connectivity index (χ2n) is 3.19. The molecule has 0 unspecified atom stereocenters. The molecule has 0 heterocycles. The van der Waals surface area contributed by atoms with Crippen molar-refractivity contribution in [3.63, 3.8) is 0 Å². The molecule has 0 atom stereocenters. The van der Waals surface area contributed by atoms with E-state index in [1.165, 1.54) is 0 Å². The fourth-order valence-electron chi connectivity index (χ4n) is 0.956. The smallest absolute Gasteiger partial charge is 0.367 e. The Morgan fingerprint density at radius 3 is 2.00 bits per heavy atom. The molecule has 0 saturated heterocycles. The normalized spacial score (nSPS) is 11.2. The van der Waals surface area contributed by atoms with Gasteiger partial charge in [-0.15, -0.1) is 0 Å². The van der Waals surface area contributed by atoms with Crippen LogP contribution in [0.1, 0.15) is 13.8 Å². The van der Waals surface area contributed by atoms with Crippen LogP contribution in [0.2, 0.25) is 0 Å². The topological polar surface area (TPSA) is 71.1 Å². The Balaban J connectivity index is 3.88. The first-order valence-corrected chi connectivity index (χ1v) is 5.98. The molecule has 0 spiro atoms. The number of carbonyl (C=O) groups is 2. The van der Waals surface area contributed by atoms with Crippen LogP contribution in [0.25, 0.3) is 0 Å². The number of hydrogen-bond donors (Lipinski definition) is 0. The van der Waals surface area contributed by atoms with Crippen molar-refractivity contribution in [1.82, 2.24) is 0 Å². The van der Waals surface area contributed by atoms with Crippen molar-refractivity contribution in [1.29, 1.82) is 0 Å². The number of carbonyl (C=O) groups excluding carboxylic acids is 2. The van der Waals surface area contributed by atoms with Crippen molar-refractivity contribution in [3.05, 3.63) is 11.9 Å². The summed E-state index contributed by atoms with van der Waals surface area (Å²) in [6, 6.07) is 0. The lowest BCUT2D eigenvalue weighted by molar-refractivity contribution is -0.144. The molecule has 0 aromatic carbocycles. The maximum atomic E-state index is 13.1. The molecule has 0 bridgehead atoms. The van der Waals surface area contributed by atoms with Gasteiger partial charge in [-0.3, -0.25) is 0 Å². The van der Waals surface area contributed by atoms with E-state index in [0.717, 1.165) is 0 Å². The van der Waals surface area contributed by atoms with Crippen LogP contribution in [0.5, 0.6) is 0 Å². The van der Waals surface area contributed by atoms with Crippen molar-refractivity contribution in [2.45, 2.75) is 13.8 Å². The van der Waals surface area contributed by atoms with Crippen molar-refractivity contribution in [2.75, 3.05) is 39.6 Å². The van der Waals surface area contributed by atoms with E-state index in [2.05, 4.69) is 9.47 Å². The Hall–Kier alpha value is -1.47. The summed E-state index contributed by atoms with van der Waals surface area (Å²) in [5.74, 6) is -3.49. The molecule has 0 amide bonds. The maximum absolute atomic E-state index is 13.1. The number of hydrogen-bond acceptors (Lipinski definition) is 6. The third-order valence-electron chi connectivity index (χ3n) is 1.78. The summed E-state index contributed by atoms with van der Waals surface area (Å²) in [6.45, 7) is 4.85. The molecule has 0 N–H and O–H groups in total. The maximum Gasteiger partial charge on any atom is 0.367 e. The summed E-state index contributed by atoms with van der Waals surface area (Å²) >= 11 is 0. The summed E-state index contributed by atoms with van der Waals surface area (Å²) < 4.78 is 32.1. The molecule has 0 aliphatic heterocycles. The van der Waals surface area contributed by atoms with Gasteiger partial charge in [0, 0.05) is 13.2 Å². The SMILES string of the molecule is CCOCCOC(=O)/C=C(\F)C(=O)OCCOCC. The second-order valence-corrected chi connectivity index (χ2v) is 3.19. The summed E-state index contributed by atoms with van der Waals surface area (Å²) in [5, 5.41) is 0. The molecule has 0 aromatic heterocycles. The summed E-state index contributed by atoms with van der Waals surface area (Å²) in [6.07, 6.45) is 0.439. The van der Waals surface area contributed by atoms with Gasteiger partial charge in [-0.2, -0.15) is 4.39 Å². The lowest BCUT2D eigenvalue weighted by Crippen LogP contribution is -2.13. The molecule has 0 radical (unpaired) electrons. The summed E-state index contributed by atoms with van der Waals surface area (Å²) in [5.41, 5.74) is 0. The predicted octanol–water partition coefficient (Wildman–Crippen LogP) is 0.999. The van der Waals surface area contributed by atoms with E-state index >= 15 is 0 Å². The molecular formula is C12H19FO6. The molecule has 110 valence electrons. The van der Waals surface area contributed by atoms with Gasteiger partial charge < -0.3 is 18.9 Å². The highest BCUT2D eigenvalue weighted by Gasteiger charge is 2.13. The highest BCUT2D eigenvalue weighted by Crippen LogP contribution is 2.00. The fourth-order valence-corrected chi connectivity index (χ4v) is 0.956. The van der Waals surface area contributed by atoms with E-state index in [1.807, 2.05) is 0 Å². The number of halogens is 1. The van der Waals surface area contributed by atoms with Gasteiger partial charge in [-0.25, -0.2) is 9.59 Å². The summed E-state index contributed by atoms with van der Waals surface area (Å²) in [7, 11) is 0. The first kappa shape index (κ1) is 17.5. The molecule has 0 rings (SSSR count). The van der Waals surface area contributed by atoms with Gasteiger partial charge in [0.2, 0.25) is 5.83 Å². The Kier molecular flexibility index (Phi) is 10.7. The van der Waals surface area contributed by atoms with Gasteiger partial charge in [0.1, 0.15) is 13.2 Å². The fraction of sp³-hybridized carbons (Fsp3) is 0.667. The zero-order valence-corrected chi connectivity index (χ0v) is 11.1. The third-order valence-corrected chi connectivity index (χ3v) is 1.78. The zero-order valence-electron chi connectivity index (χ0n) is 11.1.